The lowest BCUT2D eigenvalue weighted by Crippen LogP contribution is -2.19. The monoisotopic (exact) mass is 442 g/mol. The average molecular weight is 443 g/mol. The Morgan fingerprint density at radius 2 is 1.16 bits per heavy atom. The molecule has 0 rings (SSSR count). The van der Waals surface area contributed by atoms with E-state index in [4.69, 9.17) is 18.9 Å². The summed E-state index contributed by atoms with van der Waals surface area (Å²) >= 11 is 0. The Labute approximate surface area is 194 Å². The molecule has 0 amide bonds. The van der Waals surface area contributed by atoms with E-state index in [9.17, 15) is 0 Å². The van der Waals surface area contributed by atoms with Gasteiger partial charge in [0.2, 0.25) is 0 Å². The van der Waals surface area contributed by atoms with Gasteiger partial charge in [-0.15, -0.1) is 0 Å². The van der Waals surface area contributed by atoms with Gasteiger partial charge >= 0.3 is 0 Å². The fraction of sp³-hybridized carbons (Fsp3) is 0.926. The molecule has 0 aliphatic carbocycles. The first-order chi connectivity index (χ1) is 15.3. The summed E-state index contributed by atoms with van der Waals surface area (Å²) in [5.74, 6) is 0. The van der Waals surface area contributed by atoms with Crippen LogP contribution in [0, 0.1) is 0 Å². The first-order valence-corrected chi connectivity index (χ1v) is 13.4. The summed E-state index contributed by atoms with van der Waals surface area (Å²) in [7, 11) is 0. The fourth-order valence-electron chi connectivity index (χ4n) is 3.41. The summed E-state index contributed by atoms with van der Waals surface area (Å²) in [6.45, 7) is 9.40. The Kier molecular flexibility index (Phi) is 26.9. The van der Waals surface area contributed by atoms with Crippen LogP contribution in [0.3, 0.4) is 0 Å². The van der Waals surface area contributed by atoms with Crippen LogP contribution >= 0.6 is 0 Å². The molecule has 31 heavy (non-hydrogen) atoms. The highest BCUT2D eigenvalue weighted by atomic mass is 16.7. The van der Waals surface area contributed by atoms with Crippen LogP contribution in [0.5, 0.6) is 0 Å². The zero-order valence-corrected chi connectivity index (χ0v) is 21.2. The van der Waals surface area contributed by atoms with Crippen LogP contribution in [0.1, 0.15) is 130 Å². The molecule has 4 nitrogen and oxygen atoms in total. The molecule has 0 saturated heterocycles. The average Bonchev–Trinajstić information content (AvgIpc) is 2.78. The molecular formula is C27H54O4. The summed E-state index contributed by atoms with van der Waals surface area (Å²) in [5.41, 5.74) is 0. The van der Waals surface area contributed by atoms with Gasteiger partial charge in [0.1, 0.15) is 0 Å². The number of ether oxygens (including phenoxy) is 4. The minimum atomic E-state index is -0.0334. The van der Waals surface area contributed by atoms with Crippen LogP contribution in [0.25, 0.3) is 0 Å². The van der Waals surface area contributed by atoms with Gasteiger partial charge in [-0.2, -0.15) is 0 Å². The van der Waals surface area contributed by atoms with Gasteiger partial charge in [-0.3, -0.25) is 0 Å². The molecule has 0 aromatic heterocycles. The molecule has 0 spiro atoms. The molecule has 0 aromatic rings. The summed E-state index contributed by atoms with van der Waals surface area (Å²) in [5, 5.41) is 0. The smallest absolute Gasteiger partial charge is 0.188 e. The van der Waals surface area contributed by atoms with Crippen molar-refractivity contribution in [1.82, 2.24) is 0 Å². The minimum absolute atomic E-state index is 0.0334. The molecular weight excluding hydrogens is 388 g/mol. The maximum atomic E-state index is 6.09. The van der Waals surface area contributed by atoms with Gasteiger partial charge in [0, 0.05) is 13.2 Å². The fourth-order valence-corrected chi connectivity index (χ4v) is 3.41. The molecule has 0 heterocycles. The van der Waals surface area contributed by atoms with E-state index >= 15 is 0 Å². The van der Waals surface area contributed by atoms with Crippen molar-refractivity contribution in [2.75, 3.05) is 26.6 Å². The maximum absolute atomic E-state index is 6.09. The Morgan fingerprint density at radius 1 is 0.581 bits per heavy atom. The summed E-state index contributed by atoms with van der Waals surface area (Å²) < 4.78 is 22.8. The van der Waals surface area contributed by atoms with Crippen LogP contribution in [0.2, 0.25) is 0 Å². The van der Waals surface area contributed by atoms with Gasteiger partial charge in [0.15, 0.2) is 13.1 Å². The van der Waals surface area contributed by atoms with Crippen molar-refractivity contribution in [1.29, 1.82) is 0 Å². The second kappa shape index (κ2) is 27.5. The highest BCUT2D eigenvalue weighted by molar-refractivity contribution is 4.72. The third kappa shape index (κ3) is 25.6. The third-order valence-corrected chi connectivity index (χ3v) is 5.36. The molecule has 186 valence electrons. The predicted octanol–water partition coefficient (Wildman–Crippen LogP) is 8.54. The highest BCUT2D eigenvalue weighted by Gasteiger charge is 2.09. The normalized spacial score (nSPS) is 11.7. The van der Waals surface area contributed by atoms with Crippen LogP contribution in [-0.4, -0.2) is 32.9 Å². The Morgan fingerprint density at radius 3 is 1.74 bits per heavy atom. The summed E-state index contributed by atoms with van der Waals surface area (Å²) in [4.78, 5) is 0. The zero-order chi connectivity index (χ0) is 22.7. The largest absolute Gasteiger partial charge is 0.475 e. The number of hydrogen-bond donors (Lipinski definition) is 0. The van der Waals surface area contributed by atoms with Gasteiger partial charge in [-0.25, -0.2) is 0 Å². The zero-order valence-electron chi connectivity index (χ0n) is 21.2. The van der Waals surface area contributed by atoms with Crippen molar-refractivity contribution in [3.05, 3.63) is 12.3 Å². The predicted molar refractivity (Wildman–Crippen MR) is 132 cm³/mol. The van der Waals surface area contributed by atoms with Gasteiger partial charge < -0.3 is 18.9 Å². The summed E-state index contributed by atoms with van der Waals surface area (Å²) in [6.07, 6.45) is 24.7. The molecule has 4 heteroatoms. The second-order valence-corrected chi connectivity index (χ2v) is 8.56. The van der Waals surface area contributed by atoms with E-state index < -0.39 is 0 Å². The quantitative estimate of drug-likeness (QED) is 0.0764. The van der Waals surface area contributed by atoms with Crippen LogP contribution < -0.4 is 0 Å². The van der Waals surface area contributed by atoms with Crippen molar-refractivity contribution < 1.29 is 18.9 Å². The van der Waals surface area contributed by atoms with Gasteiger partial charge in [0.05, 0.1) is 12.9 Å². The van der Waals surface area contributed by atoms with E-state index in [1.54, 1.807) is 6.26 Å². The van der Waals surface area contributed by atoms with E-state index in [0.29, 0.717) is 6.79 Å². The lowest BCUT2D eigenvalue weighted by Gasteiger charge is -2.19. The Hall–Kier alpha value is -0.580. The van der Waals surface area contributed by atoms with E-state index in [-0.39, 0.29) is 6.29 Å². The van der Waals surface area contributed by atoms with Crippen molar-refractivity contribution in [2.45, 2.75) is 136 Å². The molecule has 0 bridgehead atoms. The number of rotatable bonds is 26. The molecule has 0 aliphatic heterocycles. The van der Waals surface area contributed by atoms with E-state index in [2.05, 4.69) is 26.8 Å². The molecule has 0 atom stereocenters. The van der Waals surface area contributed by atoms with E-state index in [0.717, 1.165) is 64.8 Å². The summed E-state index contributed by atoms with van der Waals surface area (Å²) in [6, 6.07) is 0. The first kappa shape index (κ1) is 30.4. The standard InChI is InChI=1S/C27H54O4/c1-4-7-9-11-14-19-24-30-27(31-25-20-15-12-10-8-5-2)21-17-13-16-18-23-29-26-28-22-6-3/h18,23,27H,4-17,19-22,24-26H2,1-3H3. The Balaban J connectivity index is 3.87. The van der Waals surface area contributed by atoms with Crippen LogP contribution in [0.15, 0.2) is 12.3 Å². The van der Waals surface area contributed by atoms with E-state index in [1.165, 1.54) is 64.2 Å². The minimum Gasteiger partial charge on any atom is -0.475 e. The molecule has 0 aromatic carbocycles. The van der Waals surface area contributed by atoms with Crippen LogP contribution in [0.4, 0.5) is 0 Å². The highest BCUT2D eigenvalue weighted by Crippen LogP contribution is 2.13. The van der Waals surface area contributed by atoms with Crippen LogP contribution in [-0.2, 0) is 18.9 Å². The van der Waals surface area contributed by atoms with Gasteiger partial charge in [-0.1, -0.05) is 85.0 Å². The lowest BCUT2D eigenvalue weighted by atomic mass is 10.1. The first-order valence-electron chi connectivity index (χ1n) is 13.4. The third-order valence-electron chi connectivity index (χ3n) is 5.36. The Bertz CT molecular complexity index is 328. The topological polar surface area (TPSA) is 36.9 Å². The molecule has 0 fully saturated rings. The van der Waals surface area contributed by atoms with Crippen molar-refractivity contribution in [3.63, 3.8) is 0 Å². The molecule has 0 unspecified atom stereocenters. The maximum Gasteiger partial charge on any atom is 0.188 e. The number of unbranched alkanes of at least 4 members (excludes halogenated alkanes) is 12. The molecule has 0 radical (unpaired) electrons. The number of hydrogen-bond acceptors (Lipinski definition) is 4. The second-order valence-electron chi connectivity index (χ2n) is 8.56. The van der Waals surface area contributed by atoms with Gasteiger partial charge in [-0.05, 0) is 51.0 Å². The molecule has 0 N–H and O–H groups in total. The van der Waals surface area contributed by atoms with Crippen molar-refractivity contribution >= 4 is 0 Å². The molecule has 0 saturated carbocycles. The van der Waals surface area contributed by atoms with Crippen molar-refractivity contribution in [2.24, 2.45) is 0 Å². The molecule has 0 aliphatic rings. The number of allylic oxidation sites excluding steroid dienone is 1. The SMILES string of the molecule is CCCCCCCCOC(CCCCC=COCOCCC)OCCCCCCCC. The lowest BCUT2D eigenvalue weighted by molar-refractivity contribution is -0.148. The van der Waals surface area contributed by atoms with Gasteiger partial charge in [0.25, 0.3) is 0 Å². The van der Waals surface area contributed by atoms with E-state index in [1.807, 2.05) is 0 Å². The van der Waals surface area contributed by atoms with Crippen molar-refractivity contribution in [3.8, 4) is 0 Å².